The smallest absolute Gasteiger partial charge is 0.119 e. The highest BCUT2D eigenvalue weighted by molar-refractivity contribution is 6.30. The van der Waals surface area contributed by atoms with E-state index in [1.54, 1.807) is 0 Å². The second-order valence-corrected chi connectivity index (χ2v) is 6.51. The van der Waals surface area contributed by atoms with Crippen LogP contribution in [0.25, 0.3) is 0 Å². The van der Waals surface area contributed by atoms with Gasteiger partial charge in [-0.05, 0) is 47.9 Å². The van der Waals surface area contributed by atoms with Gasteiger partial charge in [-0.2, -0.15) is 0 Å². The van der Waals surface area contributed by atoms with Crippen LogP contribution < -0.4 is 10.1 Å². The van der Waals surface area contributed by atoms with Gasteiger partial charge in [0.25, 0.3) is 0 Å². The van der Waals surface area contributed by atoms with Crippen LogP contribution in [0.3, 0.4) is 0 Å². The van der Waals surface area contributed by atoms with E-state index >= 15 is 0 Å². The van der Waals surface area contributed by atoms with Gasteiger partial charge in [0.15, 0.2) is 0 Å². The van der Waals surface area contributed by atoms with Crippen LogP contribution >= 0.6 is 11.6 Å². The van der Waals surface area contributed by atoms with Gasteiger partial charge < -0.3 is 10.1 Å². The lowest BCUT2D eigenvalue weighted by atomic mass is 10.1. The molecule has 2 nitrogen and oxygen atoms in total. The molecule has 0 bridgehead atoms. The molecule has 3 aromatic carbocycles. The fraction of sp³-hybridized carbons (Fsp3) is 0.182. The number of ether oxygens (including phenoxy) is 1. The van der Waals surface area contributed by atoms with Crippen molar-refractivity contribution in [3.8, 4) is 5.75 Å². The van der Waals surface area contributed by atoms with E-state index in [-0.39, 0.29) is 6.04 Å². The summed E-state index contributed by atoms with van der Waals surface area (Å²) in [5.41, 5.74) is 3.58. The maximum Gasteiger partial charge on any atom is 0.119 e. The summed E-state index contributed by atoms with van der Waals surface area (Å²) in [6.45, 7) is 3.53. The monoisotopic (exact) mass is 351 g/mol. The number of hydrogen-bond acceptors (Lipinski definition) is 2. The minimum atomic E-state index is 0.243. The number of rotatable bonds is 7. The average molecular weight is 352 g/mol. The van der Waals surface area contributed by atoms with Crippen LogP contribution in [0.2, 0.25) is 5.02 Å². The van der Waals surface area contributed by atoms with Gasteiger partial charge in [0, 0.05) is 17.6 Å². The molecule has 1 unspecified atom stereocenters. The molecule has 0 aliphatic rings. The Bertz CT molecular complexity index is 787. The Morgan fingerprint density at radius 1 is 0.880 bits per heavy atom. The van der Waals surface area contributed by atoms with Gasteiger partial charge in [0.1, 0.15) is 12.4 Å². The molecule has 0 spiro atoms. The lowest BCUT2D eigenvalue weighted by molar-refractivity contribution is 0.306. The van der Waals surface area contributed by atoms with E-state index in [1.807, 2.05) is 48.5 Å². The molecular formula is C22H22ClNO. The third-order valence-corrected chi connectivity index (χ3v) is 4.37. The first-order valence-corrected chi connectivity index (χ1v) is 8.83. The molecule has 1 atom stereocenters. The maximum absolute atomic E-state index is 6.06. The van der Waals surface area contributed by atoms with Crippen LogP contribution in [0.5, 0.6) is 5.75 Å². The third-order valence-electron chi connectivity index (χ3n) is 4.13. The Balaban J connectivity index is 1.50. The van der Waals surface area contributed by atoms with Crippen molar-refractivity contribution in [1.29, 1.82) is 0 Å². The third kappa shape index (κ3) is 5.35. The van der Waals surface area contributed by atoms with Gasteiger partial charge in [-0.15, -0.1) is 0 Å². The number of hydrogen-bond donors (Lipinski definition) is 1. The van der Waals surface area contributed by atoms with Crippen molar-refractivity contribution in [2.75, 3.05) is 0 Å². The van der Waals surface area contributed by atoms with Crippen molar-refractivity contribution in [3.05, 3.63) is 101 Å². The van der Waals surface area contributed by atoms with Gasteiger partial charge in [-0.3, -0.25) is 0 Å². The molecule has 128 valence electrons. The summed E-state index contributed by atoms with van der Waals surface area (Å²) < 4.78 is 5.82. The zero-order valence-corrected chi connectivity index (χ0v) is 15.0. The predicted octanol–water partition coefficient (Wildman–Crippen LogP) is 5.77. The highest BCUT2D eigenvalue weighted by Crippen LogP contribution is 2.19. The number of halogens is 1. The number of benzene rings is 3. The number of nitrogens with one attached hydrogen (secondary N) is 1. The van der Waals surface area contributed by atoms with Gasteiger partial charge in [0.2, 0.25) is 0 Å². The van der Waals surface area contributed by atoms with E-state index in [9.17, 15) is 0 Å². The van der Waals surface area contributed by atoms with Crippen molar-refractivity contribution in [3.63, 3.8) is 0 Å². The molecule has 0 fully saturated rings. The molecule has 1 N–H and O–H groups in total. The van der Waals surface area contributed by atoms with E-state index < -0.39 is 0 Å². The van der Waals surface area contributed by atoms with Crippen LogP contribution in [0, 0.1) is 0 Å². The lowest BCUT2D eigenvalue weighted by Gasteiger charge is -2.15. The van der Waals surface area contributed by atoms with Gasteiger partial charge in [-0.1, -0.05) is 66.2 Å². The standard InChI is InChI=1S/C22H22ClNO/c1-17(20-8-5-9-21(23)14-20)24-15-18-10-12-22(13-11-18)25-16-19-6-3-2-4-7-19/h2-14,17,24H,15-16H2,1H3. The van der Waals surface area contributed by atoms with E-state index in [0.717, 1.165) is 17.3 Å². The molecule has 0 saturated carbocycles. The second kappa shape index (κ2) is 8.70. The topological polar surface area (TPSA) is 21.3 Å². The Hall–Kier alpha value is -2.29. The minimum absolute atomic E-state index is 0.243. The highest BCUT2D eigenvalue weighted by Gasteiger charge is 2.05. The fourth-order valence-electron chi connectivity index (χ4n) is 2.61. The van der Waals surface area contributed by atoms with Crippen molar-refractivity contribution < 1.29 is 4.74 Å². The largest absolute Gasteiger partial charge is 0.489 e. The van der Waals surface area contributed by atoms with Crippen molar-refractivity contribution in [2.45, 2.75) is 26.1 Å². The molecule has 25 heavy (non-hydrogen) atoms. The first kappa shape index (κ1) is 17.5. The van der Waals surface area contributed by atoms with Gasteiger partial charge >= 0.3 is 0 Å². The molecule has 3 aromatic rings. The molecular weight excluding hydrogens is 330 g/mol. The average Bonchev–Trinajstić information content (AvgIpc) is 2.66. The SMILES string of the molecule is CC(NCc1ccc(OCc2ccccc2)cc1)c1cccc(Cl)c1. The Kier molecular flexibility index (Phi) is 6.10. The van der Waals surface area contributed by atoms with Crippen LogP contribution in [0.1, 0.15) is 29.7 Å². The molecule has 0 aliphatic heterocycles. The first-order chi connectivity index (χ1) is 12.2. The highest BCUT2D eigenvalue weighted by atomic mass is 35.5. The Morgan fingerprint density at radius 3 is 2.36 bits per heavy atom. The summed E-state index contributed by atoms with van der Waals surface area (Å²) in [6, 6.07) is 26.6. The summed E-state index contributed by atoms with van der Waals surface area (Å²) in [7, 11) is 0. The second-order valence-electron chi connectivity index (χ2n) is 6.08. The first-order valence-electron chi connectivity index (χ1n) is 8.45. The van der Waals surface area contributed by atoms with Crippen LogP contribution in [0.4, 0.5) is 0 Å². The molecule has 0 saturated heterocycles. The zero-order valence-electron chi connectivity index (χ0n) is 14.3. The maximum atomic E-state index is 6.06. The minimum Gasteiger partial charge on any atom is -0.489 e. The van der Waals surface area contributed by atoms with Crippen LogP contribution in [-0.4, -0.2) is 0 Å². The van der Waals surface area contributed by atoms with E-state index in [1.165, 1.54) is 16.7 Å². The summed E-state index contributed by atoms with van der Waals surface area (Å²) >= 11 is 6.06. The summed E-state index contributed by atoms with van der Waals surface area (Å²) in [5, 5.41) is 4.29. The fourth-order valence-corrected chi connectivity index (χ4v) is 2.81. The van der Waals surface area contributed by atoms with E-state index in [0.29, 0.717) is 6.61 Å². The Morgan fingerprint density at radius 2 is 1.64 bits per heavy atom. The quantitative estimate of drug-likeness (QED) is 0.583. The van der Waals surface area contributed by atoms with Crippen molar-refractivity contribution in [2.24, 2.45) is 0 Å². The molecule has 0 aliphatic carbocycles. The summed E-state index contributed by atoms with van der Waals surface area (Å²) in [4.78, 5) is 0. The zero-order chi connectivity index (χ0) is 17.5. The predicted molar refractivity (Wildman–Crippen MR) is 104 cm³/mol. The van der Waals surface area contributed by atoms with E-state index in [2.05, 4.69) is 42.6 Å². The molecule has 0 amide bonds. The van der Waals surface area contributed by atoms with Crippen LogP contribution in [0.15, 0.2) is 78.9 Å². The Labute approximate surface area is 154 Å². The molecule has 0 radical (unpaired) electrons. The molecule has 0 heterocycles. The van der Waals surface area contributed by atoms with E-state index in [4.69, 9.17) is 16.3 Å². The van der Waals surface area contributed by atoms with Crippen molar-refractivity contribution in [1.82, 2.24) is 5.32 Å². The van der Waals surface area contributed by atoms with Crippen LogP contribution in [-0.2, 0) is 13.2 Å². The van der Waals surface area contributed by atoms with Gasteiger partial charge in [0.05, 0.1) is 0 Å². The summed E-state index contributed by atoms with van der Waals surface area (Å²) in [6.07, 6.45) is 0. The van der Waals surface area contributed by atoms with Crippen molar-refractivity contribution >= 4 is 11.6 Å². The molecule has 0 aromatic heterocycles. The molecule has 3 rings (SSSR count). The molecule has 3 heteroatoms. The normalized spacial score (nSPS) is 11.9. The summed E-state index contributed by atoms with van der Waals surface area (Å²) in [5.74, 6) is 0.885. The van der Waals surface area contributed by atoms with Gasteiger partial charge in [-0.25, -0.2) is 0 Å². The lowest BCUT2D eigenvalue weighted by Crippen LogP contribution is -2.17.